The smallest absolute Gasteiger partial charge is 0.315 e. The molecule has 1 aliphatic heterocycles. The highest BCUT2D eigenvalue weighted by atomic mass is 16.2. The van der Waals surface area contributed by atoms with Crippen molar-refractivity contribution in [2.75, 3.05) is 13.1 Å². The van der Waals surface area contributed by atoms with E-state index in [1.165, 1.54) is 42.6 Å². The van der Waals surface area contributed by atoms with Gasteiger partial charge in [-0.3, -0.25) is 9.69 Å². The van der Waals surface area contributed by atoms with Crippen molar-refractivity contribution in [3.8, 4) is 0 Å². The molecular formula is C18H24N2O2. The Bertz CT molecular complexity index is 547. The molecule has 118 valence electrons. The maximum absolute atomic E-state index is 12.1. The van der Waals surface area contributed by atoms with E-state index in [4.69, 9.17) is 0 Å². The van der Waals surface area contributed by atoms with Gasteiger partial charge in [-0.2, -0.15) is 0 Å². The van der Waals surface area contributed by atoms with Crippen LogP contribution in [0.1, 0.15) is 56.1 Å². The van der Waals surface area contributed by atoms with Crippen LogP contribution in [0.25, 0.3) is 0 Å². The first-order valence-corrected chi connectivity index (χ1v) is 8.37. The zero-order valence-corrected chi connectivity index (χ0v) is 13.3. The number of benzene rings is 1. The lowest BCUT2D eigenvalue weighted by atomic mass is 9.84. The quantitative estimate of drug-likeness (QED) is 0.798. The summed E-state index contributed by atoms with van der Waals surface area (Å²) in [6.07, 6.45) is 6.59. The van der Waals surface area contributed by atoms with Crippen LogP contribution in [-0.4, -0.2) is 34.8 Å². The second kappa shape index (κ2) is 6.51. The van der Waals surface area contributed by atoms with E-state index in [1.807, 2.05) is 6.92 Å². The van der Waals surface area contributed by atoms with Gasteiger partial charge in [-0.25, -0.2) is 4.79 Å². The normalized spacial score (nSPS) is 20.0. The monoisotopic (exact) mass is 300 g/mol. The SMILES string of the molecule is CCN1CC(=O)N(Cc2ccc(C3CCCCC3)cc2)C1=O. The minimum absolute atomic E-state index is 0.0943. The first-order chi connectivity index (χ1) is 10.7. The van der Waals surface area contributed by atoms with Crippen LogP contribution in [0.4, 0.5) is 4.79 Å². The molecule has 0 radical (unpaired) electrons. The predicted octanol–water partition coefficient (Wildman–Crippen LogP) is 3.52. The van der Waals surface area contributed by atoms with Gasteiger partial charge in [-0.1, -0.05) is 43.5 Å². The summed E-state index contributed by atoms with van der Waals surface area (Å²) >= 11 is 0. The van der Waals surface area contributed by atoms with Gasteiger partial charge in [-0.05, 0) is 36.8 Å². The summed E-state index contributed by atoms with van der Waals surface area (Å²) in [5.41, 5.74) is 2.43. The van der Waals surface area contributed by atoms with Crippen LogP contribution in [0.3, 0.4) is 0 Å². The van der Waals surface area contributed by atoms with E-state index in [1.54, 1.807) is 4.90 Å². The van der Waals surface area contributed by atoms with Gasteiger partial charge in [0.2, 0.25) is 0 Å². The van der Waals surface area contributed by atoms with E-state index in [0.717, 1.165) is 5.56 Å². The number of rotatable bonds is 4. The van der Waals surface area contributed by atoms with Crippen molar-refractivity contribution in [1.29, 1.82) is 0 Å². The molecule has 4 nitrogen and oxygen atoms in total. The number of amides is 3. The van der Waals surface area contributed by atoms with Gasteiger partial charge in [0, 0.05) is 6.54 Å². The Morgan fingerprint density at radius 1 is 1.05 bits per heavy atom. The maximum Gasteiger partial charge on any atom is 0.327 e. The second-order valence-electron chi connectivity index (χ2n) is 6.35. The molecular weight excluding hydrogens is 276 g/mol. The Balaban J connectivity index is 1.66. The fourth-order valence-corrected chi connectivity index (χ4v) is 3.51. The molecule has 22 heavy (non-hydrogen) atoms. The molecule has 1 saturated heterocycles. The second-order valence-corrected chi connectivity index (χ2v) is 6.35. The molecule has 0 atom stereocenters. The third-order valence-corrected chi connectivity index (χ3v) is 4.91. The van der Waals surface area contributed by atoms with E-state index in [2.05, 4.69) is 24.3 Å². The molecule has 3 rings (SSSR count). The van der Waals surface area contributed by atoms with E-state index in [0.29, 0.717) is 19.0 Å². The lowest BCUT2D eigenvalue weighted by Crippen LogP contribution is -2.32. The van der Waals surface area contributed by atoms with Crippen LogP contribution < -0.4 is 0 Å². The van der Waals surface area contributed by atoms with Gasteiger partial charge >= 0.3 is 6.03 Å². The molecule has 1 heterocycles. The molecule has 0 bridgehead atoms. The van der Waals surface area contributed by atoms with Crippen LogP contribution in [0, 0.1) is 0 Å². The van der Waals surface area contributed by atoms with Crippen molar-refractivity contribution in [1.82, 2.24) is 9.80 Å². The van der Waals surface area contributed by atoms with Crippen molar-refractivity contribution in [3.63, 3.8) is 0 Å². The molecule has 2 aliphatic rings. The van der Waals surface area contributed by atoms with E-state index in [9.17, 15) is 9.59 Å². The summed E-state index contributed by atoms with van der Waals surface area (Å²) in [5.74, 6) is 0.594. The molecule has 2 fully saturated rings. The van der Waals surface area contributed by atoms with Crippen LogP contribution >= 0.6 is 0 Å². The summed E-state index contributed by atoms with van der Waals surface area (Å²) in [7, 11) is 0. The van der Waals surface area contributed by atoms with Crippen LogP contribution in [0.15, 0.2) is 24.3 Å². The zero-order valence-electron chi connectivity index (χ0n) is 13.3. The summed E-state index contributed by atoms with van der Waals surface area (Å²) in [5, 5.41) is 0. The highest BCUT2D eigenvalue weighted by molar-refractivity contribution is 6.01. The predicted molar refractivity (Wildman–Crippen MR) is 85.5 cm³/mol. The molecule has 0 unspecified atom stereocenters. The Morgan fingerprint density at radius 3 is 2.32 bits per heavy atom. The fourth-order valence-electron chi connectivity index (χ4n) is 3.51. The Labute approximate surface area is 132 Å². The highest BCUT2D eigenvalue weighted by Crippen LogP contribution is 2.32. The van der Waals surface area contributed by atoms with Crippen LogP contribution in [-0.2, 0) is 11.3 Å². The van der Waals surface area contributed by atoms with Gasteiger partial charge in [0.05, 0.1) is 6.54 Å². The molecule has 4 heteroatoms. The minimum Gasteiger partial charge on any atom is -0.315 e. The van der Waals surface area contributed by atoms with Crippen molar-refractivity contribution in [2.45, 2.75) is 51.5 Å². The highest BCUT2D eigenvalue weighted by Gasteiger charge is 2.34. The third-order valence-electron chi connectivity index (χ3n) is 4.91. The van der Waals surface area contributed by atoms with Gasteiger partial charge in [0.15, 0.2) is 0 Å². The van der Waals surface area contributed by atoms with E-state index < -0.39 is 0 Å². The summed E-state index contributed by atoms with van der Waals surface area (Å²) in [6.45, 7) is 3.09. The molecule has 3 amide bonds. The number of hydrogen-bond acceptors (Lipinski definition) is 2. The number of carbonyl (C=O) groups excluding carboxylic acids is 2. The lowest BCUT2D eigenvalue weighted by molar-refractivity contribution is -0.125. The number of imide groups is 1. The standard InChI is InChI=1S/C18H24N2O2/c1-2-19-13-17(21)20(18(19)22)12-14-8-10-16(11-9-14)15-6-4-3-5-7-15/h8-11,15H,2-7,12-13H2,1H3. The lowest BCUT2D eigenvalue weighted by Gasteiger charge is -2.22. The first kappa shape index (κ1) is 15.1. The number of nitrogens with zero attached hydrogens (tertiary/aromatic N) is 2. The van der Waals surface area contributed by atoms with Gasteiger partial charge < -0.3 is 4.90 Å². The molecule has 1 aromatic rings. The number of hydrogen-bond donors (Lipinski definition) is 0. The molecule has 0 aromatic heterocycles. The van der Waals surface area contributed by atoms with E-state index >= 15 is 0 Å². The van der Waals surface area contributed by atoms with Gasteiger partial charge in [0.1, 0.15) is 6.54 Å². The largest absolute Gasteiger partial charge is 0.327 e. The summed E-state index contributed by atoms with van der Waals surface area (Å²) < 4.78 is 0. The zero-order chi connectivity index (χ0) is 15.5. The topological polar surface area (TPSA) is 40.6 Å². The first-order valence-electron chi connectivity index (χ1n) is 8.37. The summed E-state index contributed by atoms with van der Waals surface area (Å²) in [4.78, 5) is 27.0. The van der Waals surface area contributed by atoms with Gasteiger partial charge in [0.25, 0.3) is 5.91 Å². The number of carbonyl (C=O) groups is 2. The Hall–Kier alpha value is -1.84. The third kappa shape index (κ3) is 3.01. The molecule has 0 N–H and O–H groups in total. The molecule has 1 aliphatic carbocycles. The molecule has 0 spiro atoms. The van der Waals surface area contributed by atoms with Gasteiger partial charge in [-0.15, -0.1) is 0 Å². The number of likely N-dealkylation sites (N-methyl/N-ethyl adjacent to an activating group) is 1. The van der Waals surface area contributed by atoms with Crippen molar-refractivity contribution in [3.05, 3.63) is 35.4 Å². The van der Waals surface area contributed by atoms with E-state index in [-0.39, 0.29) is 18.5 Å². The Kier molecular flexibility index (Phi) is 4.46. The summed E-state index contributed by atoms with van der Waals surface area (Å²) in [6, 6.07) is 8.32. The van der Waals surface area contributed by atoms with Crippen LogP contribution in [0.2, 0.25) is 0 Å². The Morgan fingerprint density at radius 2 is 1.73 bits per heavy atom. The van der Waals surface area contributed by atoms with Crippen molar-refractivity contribution < 1.29 is 9.59 Å². The minimum atomic E-state index is -0.163. The average molecular weight is 300 g/mol. The molecule has 1 saturated carbocycles. The number of urea groups is 1. The average Bonchev–Trinajstić information content (AvgIpc) is 2.84. The van der Waals surface area contributed by atoms with Crippen LogP contribution in [0.5, 0.6) is 0 Å². The maximum atomic E-state index is 12.1. The van der Waals surface area contributed by atoms with Crippen molar-refractivity contribution in [2.24, 2.45) is 0 Å². The van der Waals surface area contributed by atoms with Crippen molar-refractivity contribution >= 4 is 11.9 Å². The molecule has 1 aromatic carbocycles. The fraction of sp³-hybridized carbons (Fsp3) is 0.556.